The van der Waals surface area contributed by atoms with Gasteiger partial charge in [-0.1, -0.05) is 0 Å². The molecule has 0 unspecified atom stereocenters. The van der Waals surface area contributed by atoms with Crippen LogP contribution in [0.1, 0.15) is 18.4 Å². The van der Waals surface area contributed by atoms with E-state index in [-0.39, 0.29) is 12.8 Å². The number of rotatable bonds is 3. The van der Waals surface area contributed by atoms with Gasteiger partial charge in [0.15, 0.2) is 0 Å². The summed E-state index contributed by atoms with van der Waals surface area (Å²) in [5.41, 5.74) is 0.402. The number of piperidine rings is 1. The first-order valence-corrected chi connectivity index (χ1v) is 8.23. The Kier molecular flexibility index (Phi) is 3.45. The van der Waals surface area contributed by atoms with E-state index in [4.69, 9.17) is 0 Å². The first kappa shape index (κ1) is 14.4. The van der Waals surface area contributed by atoms with Gasteiger partial charge in [0.2, 0.25) is 9.84 Å². The Morgan fingerprint density at radius 2 is 1.95 bits per heavy atom. The number of alkyl halides is 2. The fraction of sp³-hybridized carbons (Fsp3) is 0.462. The van der Waals surface area contributed by atoms with Gasteiger partial charge in [0.1, 0.15) is 0 Å². The molecule has 1 saturated heterocycles. The number of fused-ring (bicyclic) bond motifs is 1. The Balaban J connectivity index is 2.01. The maximum Gasteiger partial charge on any atom is 0.371 e. The lowest BCUT2D eigenvalue weighted by atomic mass is 10.2. The average molecular weight is 315 g/mol. The molecule has 0 saturated carbocycles. The molecule has 3 rings (SSSR count). The van der Waals surface area contributed by atoms with Gasteiger partial charge in [0.25, 0.3) is 0 Å². The summed E-state index contributed by atoms with van der Waals surface area (Å²) < 4.78 is 53.6. The highest BCUT2D eigenvalue weighted by Crippen LogP contribution is 2.39. The summed E-state index contributed by atoms with van der Waals surface area (Å²) in [6, 6.07) is 3.68. The monoisotopic (exact) mass is 315 g/mol. The Labute approximate surface area is 120 Å². The van der Waals surface area contributed by atoms with E-state index in [1.165, 1.54) is 12.4 Å². The lowest BCUT2D eigenvalue weighted by molar-refractivity contribution is 0.0887. The summed E-state index contributed by atoms with van der Waals surface area (Å²) in [5.74, 6) is 0. The zero-order valence-corrected chi connectivity index (χ0v) is 12.0. The number of benzene rings is 1. The summed E-state index contributed by atoms with van der Waals surface area (Å²) >= 11 is 0. The van der Waals surface area contributed by atoms with Crippen LogP contribution in [0.25, 0.3) is 11.0 Å². The van der Waals surface area contributed by atoms with E-state index in [2.05, 4.69) is 15.3 Å². The van der Waals surface area contributed by atoms with Gasteiger partial charge in [-0.25, -0.2) is 13.4 Å². The number of hydrogen-bond acceptors (Lipinski definition) is 4. The lowest BCUT2D eigenvalue weighted by Crippen LogP contribution is -2.42. The molecule has 0 atom stereocenters. The summed E-state index contributed by atoms with van der Waals surface area (Å²) in [7, 11) is -4.57. The fourth-order valence-corrected chi connectivity index (χ4v) is 4.33. The molecule has 2 N–H and O–H groups in total. The van der Waals surface area contributed by atoms with E-state index in [0.717, 1.165) is 12.1 Å². The molecule has 2 heterocycles. The first-order chi connectivity index (χ1) is 9.93. The summed E-state index contributed by atoms with van der Waals surface area (Å²) in [5, 5.41) is -1.93. The van der Waals surface area contributed by atoms with Gasteiger partial charge in [-0.05, 0) is 44.1 Å². The van der Waals surface area contributed by atoms with Crippen LogP contribution < -0.4 is 5.32 Å². The maximum absolute atomic E-state index is 14.5. The van der Waals surface area contributed by atoms with Crippen molar-refractivity contribution in [3.05, 3.63) is 30.1 Å². The number of aromatic amines is 1. The van der Waals surface area contributed by atoms with Crippen LogP contribution in [0.3, 0.4) is 0 Å². The molecule has 0 bridgehead atoms. The van der Waals surface area contributed by atoms with Crippen molar-refractivity contribution >= 4 is 20.9 Å². The van der Waals surface area contributed by atoms with Crippen LogP contribution in [0.5, 0.6) is 0 Å². The van der Waals surface area contributed by atoms with E-state index in [1.807, 2.05) is 0 Å². The SMILES string of the molecule is O=S(=O)(C1CCNCC1)C(F)(F)c1ccc2nc[nH]c2c1. The molecule has 2 aromatic rings. The molecule has 1 aliphatic heterocycles. The van der Waals surface area contributed by atoms with Crippen LogP contribution in [0.15, 0.2) is 24.5 Å². The van der Waals surface area contributed by atoms with Crippen LogP contribution in [0, 0.1) is 0 Å². The molecule has 1 aromatic heterocycles. The summed E-state index contributed by atoms with van der Waals surface area (Å²) in [4.78, 5) is 6.65. The molecule has 0 aliphatic carbocycles. The number of nitrogens with one attached hydrogen (secondary N) is 2. The van der Waals surface area contributed by atoms with Crippen LogP contribution in [-0.2, 0) is 15.1 Å². The van der Waals surface area contributed by atoms with Gasteiger partial charge in [-0.15, -0.1) is 0 Å². The number of imidazole rings is 1. The van der Waals surface area contributed by atoms with Crippen LogP contribution in [-0.4, -0.2) is 36.7 Å². The Hall–Kier alpha value is -1.54. The van der Waals surface area contributed by atoms with Crippen molar-refractivity contribution in [1.82, 2.24) is 15.3 Å². The van der Waals surface area contributed by atoms with E-state index in [1.54, 1.807) is 0 Å². The van der Waals surface area contributed by atoms with Gasteiger partial charge < -0.3 is 10.3 Å². The van der Waals surface area contributed by atoms with Crippen molar-refractivity contribution in [2.24, 2.45) is 0 Å². The second-order valence-electron chi connectivity index (χ2n) is 5.15. The molecule has 5 nitrogen and oxygen atoms in total. The Bertz CT molecular complexity index is 752. The minimum Gasteiger partial charge on any atom is -0.345 e. The van der Waals surface area contributed by atoms with Crippen molar-refractivity contribution in [2.45, 2.75) is 23.3 Å². The average Bonchev–Trinajstić information content (AvgIpc) is 2.95. The van der Waals surface area contributed by atoms with Crippen molar-refractivity contribution < 1.29 is 17.2 Å². The third-order valence-electron chi connectivity index (χ3n) is 3.84. The molecular weight excluding hydrogens is 300 g/mol. The fourth-order valence-electron chi connectivity index (χ4n) is 2.60. The molecule has 114 valence electrons. The Morgan fingerprint density at radius 1 is 1.24 bits per heavy atom. The molecule has 0 spiro atoms. The van der Waals surface area contributed by atoms with Crippen molar-refractivity contribution in [3.8, 4) is 0 Å². The second-order valence-corrected chi connectivity index (χ2v) is 7.42. The molecule has 21 heavy (non-hydrogen) atoms. The number of sulfone groups is 1. The van der Waals surface area contributed by atoms with Crippen molar-refractivity contribution in [3.63, 3.8) is 0 Å². The minimum atomic E-state index is -4.57. The summed E-state index contributed by atoms with van der Waals surface area (Å²) in [6.07, 6.45) is 1.81. The second kappa shape index (κ2) is 5.03. The van der Waals surface area contributed by atoms with Crippen molar-refractivity contribution in [1.29, 1.82) is 0 Å². The molecular formula is C13H15F2N3O2S. The number of hydrogen-bond donors (Lipinski definition) is 2. The normalized spacial score (nSPS) is 18.2. The van der Waals surface area contributed by atoms with Crippen LogP contribution in [0.4, 0.5) is 8.78 Å². The molecule has 1 fully saturated rings. The molecule has 1 aromatic carbocycles. The van der Waals surface area contributed by atoms with Gasteiger partial charge in [0.05, 0.1) is 22.6 Å². The molecule has 0 amide bonds. The predicted octanol–water partition coefficient (Wildman–Crippen LogP) is 1.78. The first-order valence-electron chi connectivity index (χ1n) is 6.68. The highest BCUT2D eigenvalue weighted by molar-refractivity contribution is 7.92. The highest BCUT2D eigenvalue weighted by atomic mass is 32.2. The van der Waals surface area contributed by atoms with E-state index < -0.39 is 25.9 Å². The zero-order valence-electron chi connectivity index (χ0n) is 11.1. The zero-order chi connectivity index (χ0) is 15.1. The van der Waals surface area contributed by atoms with E-state index in [0.29, 0.717) is 24.1 Å². The lowest BCUT2D eigenvalue weighted by Gasteiger charge is -2.27. The van der Waals surface area contributed by atoms with Crippen LogP contribution in [0.2, 0.25) is 0 Å². The van der Waals surface area contributed by atoms with Gasteiger partial charge >= 0.3 is 5.25 Å². The summed E-state index contributed by atoms with van der Waals surface area (Å²) in [6.45, 7) is 0.888. The standard InChI is InChI=1S/C13H15F2N3O2S/c14-13(15,21(19,20)10-3-5-16-6-4-10)9-1-2-11-12(7-9)18-8-17-11/h1-2,7-8,10,16H,3-6H2,(H,17,18). The number of H-pyrrole nitrogens is 1. The highest BCUT2D eigenvalue weighted by Gasteiger charge is 2.51. The molecule has 8 heteroatoms. The van der Waals surface area contributed by atoms with Crippen molar-refractivity contribution in [2.75, 3.05) is 13.1 Å². The topological polar surface area (TPSA) is 74.8 Å². The van der Waals surface area contributed by atoms with Crippen LogP contribution >= 0.6 is 0 Å². The smallest absolute Gasteiger partial charge is 0.345 e. The molecule has 1 aliphatic rings. The van der Waals surface area contributed by atoms with Gasteiger partial charge in [-0.2, -0.15) is 8.78 Å². The Morgan fingerprint density at radius 3 is 2.67 bits per heavy atom. The number of nitrogens with zero attached hydrogens (tertiary/aromatic N) is 1. The number of halogens is 2. The van der Waals surface area contributed by atoms with E-state index in [9.17, 15) is 17.2 Å². The predicted molar refractivity (Wildman–Crippen MR) is 74.8 cm³/mol. The molecule has 0 radical (unpaired) electrons. The van der Waals surface area contributed by atoms with Gasteiger partial charge in [-0.3, -0.25) is 0 Å². The number of aromatic nitrogens is 2. The largest absolute Gasteiger partial charge is 0.371 e. The third kappa shape index (κ3) is 2.32. The third-order valence-corrected chi connectivity index (χ3v) is 6.14. The maximum atomic E-state index is 14.5. The minimum absolute atomic E-state index is 0.213. The quantitative estimate of drug-likeness (QED) is 0.905. The van der Waals surface area contributed by atoms with Gasteiger partial charge in [0, 0.05) is 5.56 Å². The van der Waals surface area contributed by atoms with E-state index >= 15 is 0 Å².